The van der Waals surface area contributed by atoms with E-state index in [0.717, 1.165) is 37.9 Å². The Morgan fingerprint density at radius 1 is 1.53 bits per heavy atom. The van der Waals surface area contributed by atoms with Crippen molar-refractivity contribution >= 4 is 38.5 Å². The fourth-order valence-electron chi connectivity index (χ4n) is 1.91. The summed E-state index contributed by atoms with van der Waals surface area (Å²) in [7, 11) is 0. The summed E-state index contributed by atoms with van der Waals surface area (Å²) >= 11 is 5.93. The van der Waals surface area contributed by atoms with E-state index >= 15 is 0 Å². The molecule has 2 rings (SSSR count). The van der Waals surface area contributed by atoms with Crippen LogP contribution in [0.1, 0.15) is 12.8 Å². The van der Waals surface area contributed by atoms with Gasteiger partial charge in [0.05, 0.1) is 9.77 Å². The smallest absolute Gasteiger partial charge is 0.0623 e. The number of aromatic nitrogens is 2. The minimum absolute atomic E-state index is 0.327. The summed E-state index contributed by atoms with van der Waals surface area (Å²) < 4.78 is 8.67. The summed E-state index contributed by atoms with van der Waals surface area (Å²) in [6.45, 7) is 2.75. The van der Waals surface area contributed by atoms with E-state index in [0.29, 0.717) is 5.41 Å². The van der Waals surface area contributed by atoms with Crippen LogP contribution >= 0.6 is 38.5 Å². The van der Waals surface area contributed by atoms with Crippen LogP contribution in [0.2, 0.25) is 0 Å². The van der Waals surface area contributed by atoms with Gasteiger partial charge < -0.3 is 4.74 Å². The molecule has 0 aromatic carbocycles. The lowest BCUT2D eigenvalue weighted by Gasteiger charge is -2.35. The molecule has 84 valence electrons. The topological polar surface area (TPSA) is 27.1 Å². The lowest BCUT2D eigenvalue weighted by molar-refractivity contribution is 0.0170. The van der Waals surface area contributed by atoms with Crippen molar-refractivity contribution in [3.63, 3.8) is 0 Å². The lowest BCUT2D eigenvalue weighted by atomic mass is 9.82. The highest BCUT2D eigenvalue weighted by atomic mass is 127. The van der Waals surface area contributed by atoms with Gasteiger partial charge in [-0.05, 0) is 35.4 Å². The minimum atomic E-state index is 0.327. The summed E-state index contributed by atoms with van der Waals surface area (Å²) in [6.07, 6.45) is 6.24. The van der Waals surface area contributed by atoms with Gasteiger partial charge in [0.2, 0.25) is 0 Å². The van der Waals surface area contributed by atoms with Gasteiger partial charge in [-0.2, -0.15) is 5.10 Å². The van der Waals surface area contributed by atoms with Gasteiger partial charge in [-0.15, -0.1) is 0 Å². The van der Waals surface area contributed by atoms with Gasteiger partial charge in [-0.3, -0.25) is 4.68 Å². The third-order valence-electron chi connectivity index (χ3n) is 2.94. The first-order valence-corrected chi connectivity index (χ1v) is 7.26. The van der Waals surface area contributed by atoms with Crippen molar-refractivity contribution in [3.05, 3.63) is 16.0 Å². The lowest BCUT2D eigenvalue weighted by Crippen LogP contribution is -2.35. The number of nitrogens with zero attached hydrogens (tertiary/aromatic N) is 2. The van der Waals surface area contributed by atoms with E-state index in [-0.39, 0.29) is 0 Å². The highest BCUT2D eigenvalue weighted by Crippen LogP contribution is 2.34. The Labute approximate surface area is 112 Å². The van der Waals surface area contributed by atoms with Crippen LogP contribution in [-0.2, 0) is 11.3 Å². The molecule has 2 heterocycles. The second kappa shape index (κ2) is 5.14. The molecule has 0 bridgehead atoms. The van der Waals surface area contributed by atoms with Crippen molar-refractivity contribution in [2.45, 2.75) is 19.4 Å². The molecular weight excluding hydrogens is 371 g/mol. The maximum Gasteiger partial charge on any atom is 0.0623 e. The zero-order valence-electron chi connectivity index (χ0n) is 8.46. The van der Waals surface area contributed by atoms with Gasteiger partial charge in [0.15, 0.2) is 0 Å². The number of hydrogen-bond donors (Lipinski definition) is 0. The molecule has 15 heavy (non-hydrogen) atoms. The Morgan fingerprint density at radius 2 is 2.27 bits per heavy atom. The average Bonchev–Trinajstić information content (AvgIpc) is 2.65. The molecule has 1 aromatic heterocycles. The van der Waals surface area contributed by atoms with Crippen molar-refractivity contribution < 1.29 is 4.74 Å². The Bertz CT molecular complexity index is 323. The second-order valence-corrected chi connectivity index (χ2v) is 5.91. The van der Waals surface area contributed by atoms with Crippen LogP contribution < -0.4 is 0 Å². The molecule has 1 aliphatic rings. The largest absolute Gasteiger partial charge is 0.381 e. The van der Waals surface area contributed by atoms with Crippen LogP contribution in [0.25, 0.3) is 0 Å². The molecule has 3 nitrogen and oxygen atoms in total. The van der Waals surface area contributed by atoms with E-state index in [1.165, 1.54) is 3.57 Å². The molecule has 1 aliphatic heterocycles. The van der Waals surface area contributed by atoms with Gasteiger partial charge >= 0.3 is 0 Å². The molecule has 1 saturated heterocycles. The molecule has 0 saturated carbocycles. The molecule has 0 N–H and O–H groups in total. The van der Waals surface area contributed by atoms with Gasteiger partial charge in [0, 0.05) is 36.7 Å². The van der Waals surface area contributed by atoms with E-state index < -0.39 is 0 Å². The fourth-order valence-corrected chi connectivity index (χ4v) is 3.09. The molecule has 0 radical (unpaired) electrons. The standard InChI is InChI=1S/C10H14BrIN2O/c11-7-10(1-3-15-4-2-10)8-14-6-9(12)5-13-14/h5-6H,1-4,7-8H2. The maximum absolute atomic E-state index is 5.42. The Kier molecular flexibility index (Phi) is 4.06. The summed E-state index contributed by atoms with van der Waals surface area (Å²) in [5.74, 6) is 0. The minimum Gasteiger partial charge on any atom is -0.381 e. The predicted octanol–water partition coefficient (Wildman–Crippen LogP) is 2.68. The molecule has 1 fully saturated rings. The summed E-state index contributed by atoms with van der Waals surface area (Å²) in [6, 6.07) is 0. The van der Waals surface area contributed by atoms with Gasteiger partial charge in [-0.1, -0.05) is 15.9 Å². The van der Waals surface area contributed by atoms with Crippen LogP contribution in [0.5, 0.6) is 0 Å². The molecular formula is C10H14BrIN2O. The molecule has 1 aromatic rings. The number of halogens is 2. The molecule has 0 aliphatic carbocycles. The molecule has 0 atom stereocenters. The van der Waals surface area contributed by atoms with Crippen LogP contribution in [-0.4, -0.2) is 28.3 Å². The maximum atomic E-state index is 5.42. The number of rotatable bonds is 3. The summed E-state index contributed by atoms with van der Waals surface area (Å²) in [4.78, 5) is 0. The SMILES string of the molecule is BrCC1(Cn2cc(I)cn2)CCOCC1. The number of hydrogen-bond acceptors (Lipinski definition) is 2. The third kappa shape index (κ3) is 2.94. The fraction of sp³-hybridized carbons (Fsp3) is 0.700. The van der Waals surface area contributed by atoms with Crippen molar-refractivity contribution in [2.24, 2.45) is 5.41 Å². The molecule has 5 heteroatoms. The van der Waals surface area contributed by atoms with Crippen LogP contribution in [0, 0.1) is 8.99 Å². The van der Waals surface area contributed by atoms with E-state index in [2.05, 4.69) is 49.8 Å². The third-order valence-corrected chi connectivity index (χ3v) is 4.68. The monoisotopic (exact) mass is 384 g/mol. The Balaban J connectivity index is 2.06. The average molecular weight is 385 g/mol. The van der Waals surface area contributed by atoms with E-state index in [9.17, 15) is 0 Å². The van der Waals surface area contributed by atoms with Crippen LogP contribution in [0.4, 0.5) is 0 Å². The van der Waals surface area contributed by atoms with E-state index in [1.54, 1.807) is 0 Å². The first kappa shape index (κ1) is 11.9. The van der Waals surface area contributed by atoms with E-state index in [1.807, 2.05) is 10.9 Å². The molecule has 0 unspecified atom stereocenters. The Hall–Kier alpha value is 0.380. The zero-order valence-corrected chi connectivity index (χ0v) is 12.2. The normalized spacial score (nSPS) is 20.4. The highest BCUT2D eigenvalue weighted by Gasteiger charge is 2.32. The summed E-state index contributed by atoms with van der Waals surface area (Å²) in [5, 5.41) is 5.38. The first-order valence-electron chi connectivity index (χ1n) is 5.06. The van der Waals surface area contributed by atoms with Gasteiger partial charge in [0.25, 0.3) is 0 Å². The quantitative estimate of drug-likeness (QED) is 0.591. The van der Waals surface area contributed by atoms with Crippen molar-refractivity contribution in [2.75, 3.05) is 18.5 Å². The zero-order chi connectivity index (χ0) is 10.7. The number of ether oxygens (including phenoxy) is 1. The van der Waals surface area contributed by atoms with Crippen LogP contribution in [0.3, 0.4) is 0 Å². The molecule has 0 spiro atoms. The second-order valence-electron chi connectivity index (χ2n) is 4.10. The van der Waals surface area contributed by atoms with Gasteiger partial charge in [-0.25, -0.2) is 0 Å². The van der Waals surface area contributed by atoms with Gasteiger partial charge in [0.1, 0.15) is 0 Å². The number of alkyl halides is 1. The predicted molar refractivity (Wildman–Crippen MR) is 71.2 cm³/mol. The Morgan fingerprint density at radius 3 is 2.80 bits per heavy atom. The van der Waals surface area contributed by atoms with Crippen molar-refractivity contribution in [1.29, 1.82) is 0 Å². The van der Waals surface area contributed by atoms with E-state index in [4.69, 9.17) is 4.74 Å². The van der Waals surface area contributed by atoms with Crippen LogP contribution in [0.15, 0.2) is 12.4 Å². The summed E-state index contributed by atoms with van der Waals surface area (Å²) in [5.41, 5.74) is 0.327. The van der Waals surface area contributed by atoms with Crippen molar-refractivity contribution in [3.8, 4) is 0 Å². The molecule has 0 amide bonds. The highest BCUT2D eigenvalue weighted by molar-refractivity contribution is 14.1. The first-order chi connectivity index (χ1) is 7.24. The van der Waals surface area contributed by atoms with Crippen molar-refractivity contribution in [1.82, 2.24) is 9.78 Å².